The van der Waals surface area contributed by atoms with Crippen molar-refractivity contribution >= 4 is 21.7 Å². The van der Waals surface area contributed by atoms with E-state index >= 15 is 0 Å². The molecule has 0 fully saturated rings. The van der Waals surface area contributed by atoms with Crippen LogP contribution in [0.2, 0.25) is 0 Å². The molecule has 6 heteroatoms. The van der Waals surface area contributed by atoms with Gasteiger partial charge in [0.25, 0.3) is 0 Å². The van der Waals surface area contributed by atoms with Gasteiger partial charge in [-0.05, 0) is 28.1 Å². The van der Waals surface area contributed by atoms with Gasteiger partial charge in [0.1, 0.15) is 17.4 Å². The number of rotatable bonds is 3. The zero-order chi connectivity index (χ0) is 13.1. The first kappa shape index (κ1) is 12.8. The number of anilines is 1. The first-order valence-electron chi connectivity index (χ1n) is 5.06. The van der Waals surface area contributed by atoms with E-state index in [1.54, 1.807) is 13.1 Å². The second-order valence-electron chi connectivity index (χ2n) is 3.43. The lowest BCUT2D eigenvalue weighted by Gasteiger charge is -2.09. The number of hydrogen-bond acceptors (Lipinski definition) is 3. The summed E-state index contributed by atoms with van der Waals surface area (Å²) in [4.78, 5) is 4.04. The molecule has 0 unspecified atom stereocenters. The summed E-state index contributed by atoms with van der Waals surface area (Å²) in [7, 11) is 1.71. The summed E-state index contributed by atoms with van der Waals surface area (Å²) < 4.78 is 32.1. The third-order valence-electron chi connectivity index (χ3n) is 2.19. The van der Waals surface area contributed by atoms with E-state index in [0.29, 0.717) is 16.0 Å². The van der Waals surface area contributed by atoms with Gasteiger partial charge in [0, 0.05) is 25.4 Å². The third-order valence-corrected chi connectivity index (χ3v) is 2.79. The quantitative estimate of drug-likeness (QED) is 0.931. The molecular formula is C12H9BrF2N2O. The zero-order valence-electron chi connectivity index (χ0n) is 9.38. The molecule has 0 aliphatic heterocycles. The van der Waals surface area contributed by atoms with Crippen molar-refractivity contribution in [3.63, 3.8) is 0 Å². The van der Waals surface area contributed by atoms with Gasteiger partial charge >= 0.3 is 0 Å². The molecule has 94 valence electrons. The van der Waals surface area contributed by atoms with E-state index in [-0.39, 0.29) is 5.75 Å². The summed E-state index contributed by atoms with van der Waals surface area (Å²) in [5, 5.41) is 2.84. The predicted octanol–water partition coefficient (Wildman–Crippen LogP) is 3.96. The minimum absolute atomic E-state index is 0.0506. The summed E-state index contributed by atoms with van der Waals surface area (Å²) in [6.07, 6.45) is 1.53. The molecule has 0 amide bonds. The standard InChI is InChI=1S/C12H9BrF2N2O/c1-16-12-5-11(8(13)6-17-12)18-10-3-2-7(14)4-9(10)15/h2-6H,1H3,(H,16,17). The molecule has 0 bridgehead atoms. The van der Waals surface area contributed by atoms with E-state index in [1.165, 1.54) is 12.3 Å². The highest BCUT2D eigenvalue weighted by Crippen LogP contribution is 2.32. The van der Waals surface area contributed by atoms with E-state index in [1.807, 2.05) is 0 Å². The van der Waals surface area contributed by atoms with Crippen molar-refractivity contribution in [2.24, 2.45) is 0 Å². The van der Waals surface area contributed by atoms with Gasteiger partial charge in [0.05, 0.1) is 4.47 Å². The Hall–Kier alpha value is -1.69. The highest BCUT2D eigenvalue weighted by atomic mass is 79.9. The zero-order valence-corrected chi connectivity index (χ0v) is 11.0. The molecule has 1 aromatic heterocycles. The number of nitrogens with one attached hydrogen (secondary N) is 1. The van der Waals surface area contributed by atoms with Crippen LogP contribution in [0, 0.1) is 11.6 Å². The lowest BCUT2D eigenvalue weighted by Crippen LogP contribution is -1.95. The van der Waals surface area contributed by atoms with Crippen LogP contribution < -0.4 is 10.1 Å². The van der Waals surface area contributed by atoms with Crippen LogP contribution in [0.5, 0.6) is 11.5 Å². The smallest absolute Gasteiger partial charge is 0.168 e. The topological polar surface area (TPSA) is 34.1 Å². The van der Waals surface area contributed by atoms with Crippen LogP contribution in [0.1, 0.15) is 0 Å². The second kappa shape index (κ2) is 5.30. The molecule has 0 spiro atoms. The molecule has 1 heterocycles. The lowest BCUT2D eigenvalue weighted by atomic mass is 10.3. The normalized spacial score (nSPS) is 10.2. The maximum absolute atomic E-state index is 13.4. The van der Waals surface area contributed by atoms with Crippen molar-refractivity contribution in [2.45, 2.75) is 0 Å². The number of nitrogens with zero attached hydrogens (tertiary/aromatic N) is 1. The predicted molar refractivity (Wildman–Crippen MR) is 67.9 cm³/mol. The van der Waals surface area contributed by atoms with E-state index < -0.39 is 11.6 Å². The monoisotopic (exact) mass is 314 g/mol. The Labute approximate surface area is 111 Å². The molecule has 2 aromatic rings. The highest BCUT2D eigenvalue weighted by Gasteiger charge is 2.09. The molecule has 0 saturated carbocycles. The second-order valence-corrected chi connectivity index (χ2v) is 4.28. The fourth-order valence-corrected chi connectivity index (χ4v) is 1.61. The first-order valence-corrected chi connectivity index (χ1v) is 5.85. The molecule has 0 atom stereocenters. The van der Waals surface area contributed by atoms with Crippen molar-refractivity contribution in [1.29, 1.82) is 0 Å². The average molecular weight is 315 g/mol. The number of benzene rings is 1. The van der Waals surface area contributed by atoms with E-state index in [2.05, 4.69) is 26.2 Å². The SMILES string of the molecule is CNc1cc(Oc2ccc(F)cc2F)c(Br)cn1. The Morgan fingerprint density at radius 2 is 2.00 bits per heavy atom. The molecule has 0 aliphatic carbocycles. The maximum Gasteiger partial charge on any atom is 0.168 e. The van der Waals surface area contributed by atoms with Crippen molar-refractivity contribution in [2.75, 3.05) is 12.4 Å². The van der Waals surface area contributed by atoms with Crippen LogP contribution in [0.4, 0.5) is 14.6 Å². The van der Waals surface area contributed by atoms with Crippen molar-refractivity contribution < 1.29 is 13.5 Å². The van der Waals surface area contributed by atoms with Gasteiger partial charge in [-0.25, -0.2) is 13.8 Å². The van der Waals surface area contributed by atoms with Crippen LogP contribution in [-0.4, -0.2) is 12.0 Å². The Kier molecular flexibility index (Phi) is 3.76. The summed E-state index contributed by atoms with van der Waals surface area (Å²) in [5.74, 6) is -0.491. The third kappa shape index (κ3) is 2.76. The van der Waals surface area contributed by atoms with Gasteiger partial charge in [-0.1, -0.05) is 0 Å². The molecule has 0 radical (unpaired) electrons. The first-order chi connectivity index (χ1) is 8.60. The number of aromatic nitrogens is 1. The molecule has 3 nitrogen and oxygen atoms in total. The molecule has 18 heavy (non-hydrogen) atoms. The van der Waals surface area contributed by atoms with Crippen LogP contribution in [0.3, 0.4) is 0 Å². The van der Waals surface area contributed by atoms with Crippen LogP contribution in [0.15, 0.2) is 34.9 Å². The summed E-state index contributed by atoms with van der Waals surface area (Å²) in [5.41, 5.74) is 0. The number of halogens is 3. The minimum atomic E-state index is -0.760. The van der Waals surface area contributed by atoms with Crippen molar-refractivity contribution in [3.05, 3.63) is 46.6 Å². The minimum Gasteiger partial charge on any atom is -0.453 e. The molecule has 2 rings (SSSR count). The van der Waals surface area contributed by atoms with E-state index in [9.17, 15) is 8.78 Å². The number of pyridine rings is 1. The summed E-state index contributed by atoms with van der Waals surface area (Å²) >= 11 is 3.24. The van der Waals surface area contributed by atoms with Gasteiger partial charge in [0.2, 0.25) is 0 Å². The van der Waals surface area contributed by atoms with E-state index in [0.717, 1.165) is 12.1 Å². The highest BCUT2D eigenvalue weighted by molar-refractivity contribution is 9.10. The lowest BCUT2D eigenvalue weighted by molar-refractivity contribution is 0.435. The number of hydrogen-bond donors (Lipinski definition) is 1. The van der Waals surface area contributed by atoms with E-state index in [4.69, 9.17) is 4.74 Å². The molecule has 0 saturated heterocycles. The average Bonchev–Trinajstić information content (AvgIpc) is 2.35. The summed E-state index contributed by atoms with van der Waals surface area (Å²) in [6, 6.07) is 4.74. The Morgan fingerprint density at radius 3 is 2.67 bits per heavy atom. The van der Waals surface area contributed by atoms with Gasteiger partial charge in [-0.2, -0.15) is 0 Å². The fraction of sp³-hybridized carbons (Fsp3) is 0.0833. The summed E-state index contributed by atoms with van der Waals surface area (Å²) in [6.45, 7) is 0. The Morgan fingerprint density at radius 1 is 1.22 bits per heavy atom. The number of ether oxygens (including phenoxy) is 1. The van der Waals surface area contributed by atoms with Crippen LogP contribution in [-0.2, 0) is 0 Å². The van der Waals surface area contributed by atoms with Crippen molar-refractivity contribution in [1.82, 2.24) is 4.98 Å². The fourth-order valence-electron chi connectivity index (χ4n) is 1.31. The molecule has 1 aromatic carbocycles. The van der Waals surface area contributed by atoms with Gasteiger partial charge in [0.15, 0.2) is 11.6 Å². The Bertz CT molecular complexity index is 578. The van der Waals surface area contributed by atoms with Crippen LogP contribution in [0.25, 0.3) is 0 Å². The largest absolute Gasteiger partial charge is 0.453 e. The molecular weight excluding hydrogens is 306 g/mol. The molecule has 0 aliphatic rings. The molecule has 1 N–H and O–H groups in total. The van der Waals surface area contributed by atoms with Gasteiger partial charge in [-0.15, -0.1) is 0 Å². The van der Waals surface area contributed by atoms with Gasteiger partial charge < -0.3 is 10.1 Å². The van der Waals surface area contributed by atoms with Crippen LogP contribution >= 0.6 is 15.9 Å². The maximum atomic E-state index is 13.4. The van der Waals surface area contributed by atoms with Crippen molar-refractivity contribution in [3.8, 4) is 11.5 Å². The Balaban J connectivity index is 2.33. The van der Waals surface area contributed by atoms with Gasteiger partial charge in [-0.3, -0.25) is 0 Å².